The highest BCUT2D eigenvalue weighted by molar-refractivity contribution is 5.79. The van der Waals surface area contributed by atoms with Crippen LogP contribution >= 0.6 is 0 Å². The Balaban J connectivity index is 2.23. The molecule has 1 unspecified atom stereocenters. The van der Waals surface area contributed by atoms with Crippen LogP contribution in [0, 0.1) is 12.8 Å². The van der Waals surface area contributed by atoms with Crippen LogP contribution in [0.15, 0.2) is 6.07 Å². The van der Waals surface area contributed by atoms with Crippen molar-refractivity contribution in [2.75, 3.05) is 18.0 Å². The van der Waals surface area contributed by atoms with Crippen molar-refractivity contribution in [2.24, 2.45) is 5.92 Å². The van der Waals surface area contributed by atoms with Crippen LogP contribution in [0.2, 0.25) is 0 Å². The minimum Gasteiger partial charge on any atom is -0.356 e. The highest BCUT2D eigenvalue weighted by atomic mass is 16.1. The summed E-state index contributed by atoms with van der Waals surface area (Å²) in [5, 5.41) is 0. The monoisotopic (exact) mass is 261 g/mol. The normalized spacial score (nSPS) is 19.8. The van der Waals surface area contributed by atoms with Gasteiger partial charge in [0, 0.05) is 36.7 Å². The standard InChI is InChI=1S/C15H23N3O/c1-10(2)15-16-11(3)8-14(17-15)18-7-5-6-13(9-18)12(4)19/h8,10,13H,5-7,9H2,1-4H3. The summed E-state index contributed by atoms with van der Waals surface area (Å²) in [6.07, 6.45) is 2.07. The molecule has 0 aromatic carbocycles. The van der Waals surface area contributed by atoms with E-state index in [1.165, 1.54) is 0 Å². The largest absolute Gasteiger partial charge is 0.356 e. The Hall–Kier alpha value is -1.45. The Bertz CT molecular complexity index is 470. The predicted molar refractivity (Wildman–Crippen MR) is 76.5 cm³/mol. The lowest BCUT2D eigenvalue weighted by Gasteiger charge is -2.32. The van der Waals surface area contributed by atoms with Crippen molar-refractivity contribution in [1.82, 2.24) is 9.97 Å². The summed E-state index contributed by atoms with van der Waals surface area (Å²) < 4.78 is 0. The molecule has 0 spiro atoms. The fraction of sp³-hybridized carbons (Fsp3) is 0.667. The number of nitrogens with zero attached hydrogens (tertiary/aromatic N) is 3. The molecule has 0 radical (unpaired) electrons. The first kappa shape index (κ1) is 14.0. The maximum Gasteiger partial charge on any atom is 0.134 e. The summed E-state index contributed by atoms with van der Waals surface area (Å²) in [6.45, 7) is 9.68. The second kappa shape index (κ2) is 5.68. The van der Waals surface area contributed by atoms with Gasteiger partial charge in [-0.3, -0.25) is 4.79 Å². The van der Waals surface area contributed by atoms with Gasteiger partial charge < -0.3 is 4.90 Å². The second-order valence-corrected chi connectivity index (χ2v) is 5.78. The van der Waals surface area contributed by atoms with Crippen LogP contribution in [0.4, 0.5) is 5.82 Å². The predicted octanol–water partition coefficient (Wildman–Crippen LogP) is 2.71. The molecule has 1 saturated heterocycles. The summed E-state index contributed by atoms with van der Waals surface area (Å²) in [5.74, 6) is 2.64. The van der Waals surface area contributed by atoms with Gasteiger partial charge in [0.25, 0.3) is 0 Å². The van der Waals surface area contributed by atoms with Crippen molar-refractivity contribution in [2.45, 2.75) is 46.5 Å². The van der Waals surface area contributed by atoms with Crippen molar-refractivity contribution in [3.63, 3.8) is 0 Å². The van der Waals surface area contributed by atoms with Crippen molar-refractivity contribution in [1.29, 1.82) is 0 Å². The minimum atomic E-state index is 0.159. The highest BCUT2D eigenvalue weighted by Crippen LogP contribution is 2.24. The molecule has 1 aromatic heterocycles. The molecule has 1 aromatic rings. The molecular weight excluding hydrogens is 238 g/mol. The number of carbonyl (C=O) groups is 1. The van der Waals surface area contributed by atoms with Crippen LogP contribution in [0.1, 0.15) is 51.0 Å². The fourth-order valence-corrected chi connectivity index (χ4v) is 2.51. The van der Waals surface area contributed by atoms with E-state index in [2.05, 4.69) is 28.7 Å². The molecule has 19 heavy (non-hydrogen) atoms. The minimum absolute atomic E-state index is 0.159. The lowest BCUT2D eigenvalue weighted by atomic mass is 9.94. The average Bonchev–Trinajstić information content (AvgIpc) is 2.38. The first-order valence-corrected chi connectivity index (χ1v) is 7.08. The van der Waals surface area contributed by atoms with Gasteiger partial charge in [0.1, 0.15) is 17.4 Å². The van der Waals surface area contributed by atoms with E-state index in [1.54, 1.807) is 6.92 Å². The molecule has 0 bridgehead atoms. The van der Waals surface area contributed by atoms with Crippen LogP contribution in [0.25, 0.3) is 0 Å². The van der Waals surface area contributed by atoms with Gasteiger partial charge >= 0.3 is 0 Å². The molecular formula is C15H23N3O. The van der Waals surface area contributed by atoms with E-state index in [0.717, 1.165) is 43.3 Å². The topological polar surface area (TPSA) is 46.1 Å². The maximum absolute atomic E-state index is 11.6. The summed E-state index contributed by atoms with van der Waals surface area (Å²) >= 11 is 0. The summed E-state index contributed by atoms with van der Waals surface area (Å²) in [6, 6.07) is 2.02. The summed E-state index contributed by atoms with van der Waals surface area (Å²) in [7, 11) is 0. The lowest BCUT2D eigenvalue weighted by molar-refractivity contribution is -0.120. The van der Waals surface area contributed by atoms with Crippen molar-refractivity contribution >= 4 is 11.6 Å². The zero-order valence-corrected chi connectivity index (χ0v) is 12.3. The molecule has 0 amide bonds. The number of hydrogen-bond donors (Lipinski definition) is 0. The number of piperidine rings is 1. The van der Waals surface area contributed by atoms with Gasteiger partial charge in [-0.05, 0) is 26.7 Å². The quantitative estimate of drug-likeness (QED) is 0.839. The van der Waals surface area contributed by atoms with Crippen LogP contribution in [-0.2, 0) is 4.79 Å². The summed E-state index contributed by atoms with van der Waals surface area (Å²) in [4.78, 5) is 22.9. The van der Waals surface area contributed by atoms with E-state index in [9.17, 15) is 4.79 Å². The molecule has 2 heterocycles. The average molecular weight is 261 g/mol. The molecule has 0 N–H and O–H groups in total. The third kappa shape index (κ3) is 3.31. The van der Waals surface area contributed by atoms with E-state index < -0.39 is 0 Å². The Morgan fingerprint density at radius 2 is 2.16 bits per heavy atom. The molecule has 104 valence electrons. The van der Waals surface area contributed by atoms with Crippen molar-refractivity contribution in [3.05, 3.63) is 17.6 Å². The highest BCUT2D eigenvalue weighted by Gasteiger charge is 2.24. The van der Waals surface area contributed by atoms with Crippen LogP contribution in [-0.4, -0.2) is 28.8 Å². The van der Waals surface area contributed by atoms with Crippen molar-refractivity contribution in [3.8, 4) is 0 Å². The first-order valence-electron chi connectivity index (χ1n) is 7.08. The van der Waals surface area contributed by atoms with E-state index in [-0.39, 0.29) is 5.92 Å². The number of Topliss-reactive ketones (excluding diaryl/α,β-unsaturated/α-hetero) is 1. The van der Waals surface area contributed by atoms with Gasteiger partial charge in [0.15, 0.2) is 0 Å². The lowest BCUT2D eigenvalue weighted by Crippen LogP contribution is -2.38. The molecule has 1 atom stereocenters. The molecule has 4 nitrogen and oxygen atoms in total. The van der Waals surface area contributed by atoms with Gasteiger partial charge in [-0.2, -0.15) is 0 Å². The van der Waals surface area contributed by atoms with Crippen LogP contribution in [0.3, 0.4) is 0 Å². The number of aryl methyl sites for hydroxylation is 1. The Morgan fingerprint density at radius 1 is 1.42 bits per heavy atom. The molecule has 2 rings (SSSR count). The SMILES string of the molecule is CC(=O)C1CCCN(c2cc(C)nc(C(C)C)n2)C1. The number of rotatable bonds is 3. The van der Waals surface area contributed by atoms with Gasteiger partial charge in [-0.1, -0.05) is 13.8 Å². The summed E-state index contributed by atoms with van der Waals surface area (Å²) in [5.41, 5.74) is 0.999. The molecule has 0 aliphatic carbocycles. The van der Waals surface area contributed by atoms with Gasteiger partial charge in [0.05, 0.1) is 0 Å². The Kier molecular flexibility index (Phi) is 4.17. The number of aromatic nitrogens is 2. The molecule has 1 fully saturated rings. The van der Waals surface area contributed by atoms with Gasteiger partial charge in [-0.25, -0.2) is 9.97 Å². The number of hydrogen-bond acceptors (Lipinski definition) is 4. The first-order chi connectivity index (χ1) is 8.97. The molecule has 1 aliphatic heterocycles. The molecule has 1 aliphatic rings. The van der Waals surface area contributed by atoms with Crippen molar-refractivity contribution < 1.29 is 4.79 Å². The zero-order valence-electron chi connectivity index (χ0n) is 12.3. The van der Waals surface area contributed by atoms with Crippen LogP contribution < -0.4 is 4.90 Å². The number of ketones is 1. The van der Waals surface area contributed by atoms with E-state index in [1.807, 2.05) is 13.0 Å². The number of carbonyl (C=O) groups excluding carboxylic acids is 1. The second-order valence-electron chi connectivity index (χ2n) is 5.78. The third-order valence-electron chi connectivity index (χ3n) is 3.69. The third-order valence-corrected chi connectivity index (χ3v) is 3.69. The van der Waals surface area contributed by atoms with Gasteiger partial charge in [0.2, 0.25) is 0 Å². The molecule has 4 heteroatoms. The van der Waals surface area contributed by atoms with E-state index in [4.69, 9.17) is 0 Å². The Morgan fingerprint density at radius 3 is 2.79 bits per heavy atom. The van der Waals surface area contributed by atoms with E-state index in [0.29, 0.717) is 11.7 Å². The van der Waals surface area contributed by atoms with E-state index >= 15 is 0 Å². The number of anilines is 1. The smallest absolute Gasteiger partial charge is 0.134 e. The molecule has 0 saturated carbocycles. The van der Waals surface area contributed by atoms with Gasteiger partial charge in [-0.15, -0.1) is 0 Å². The fourth-order valence-electron chi connectivity index (χ4n) is 2.51. The zero-order chi connectivity index (χ0) is 14.0. The maximum atomic E-state index is 11.6. The van der Waals surface area contributed by atoms with Crippen LogP contribution in [0.5, 0.6) is 0 Å². The Labute approximate surface area is 115 Å².